The van der Waals surface area contributed by atoms with Crippen LogP contribution >= 0.6 is 11.3 Å². The highest BCUT2D eigenvalue weighted by atomic mass is 32.1. The Morgan fingerprint density at radius 1 is 1.31 bits per heavy atom. The molecule has 5 N–H and O–H groups in total. The molecule has 0 unspecified atom stereocenters. The maximum Gasteiger partial charge on any atom is 0.335 e. The first-order chi connectivity index (χ1) is 17.1. The number of nitrogens with zero attached hydrogens (tertiary/aromatic N) is 4. The lowest BCUT2D eigenvalue weighted by atomic mass is 9.97. The van der Waals surface area contributed by atoms with Gasteiger partial charge >= 0.3 is 5.97 Å². The number of rotatable bonds is 11. The number of hydrogen-bond acceptors (Lipinski definition) is 13. The Kier molecular flexibility index (Phi) is 8.07. The first kappa shape index (κ1) is 26.0. The van der Waals surface area contributed by atoms with E-state index in [9.17, 15) is 29.3 Å². The van der Waals surface area contributed by atoms with Gasteiger partial charge in [-0.3, -0.25) is 29.3 Å². The van der Waals surface area contributed by atoms with E-state index < -0.39 is 47.3 Å². The van der Waals surface area contributed by atoms with E-state index in [0.29, 0.717) is 10.6 Å². The molecule has 190 valence electrons. The molecule has 0 spiro atoms. The molecule has 2 aromatic rings. The SMILES string of the molecule is CO/N=C(\C(=O)N[C@@H]1C(=O)N(OCC(=O)OCc2ccc([N+](=O)[O-])cc2)[C@@H]1C(N)=O)c1csc(N)n1. The number of nitro benzene ring substituents is 1. The van der Waals surface area contributed by atoms with Crippen molar-refractivity contribution in [2.75, 3.05) is 19.5 Å². The van der Waals surface area contributed by atoms with Crippen molar-refractivity contribution in [3.8, 4) is 0 Å². The van der Waals surface area contributed by atoms with Crippen LogP contribution in [0.25, 0.3) is 0 Å². The zero-order valence-electron chi connectivity index (χ0n) is 18.5. The van der Waals surface area contributed by atoms with E-state index >= 15 is 0 Å². The molecule has 0 bridgehead atoms. The van der Waals surface area contributed by atoms with Crippen molar-refractivity contribution < 1.29 is 38.5 Å². The van der Waals surface area contributed by atoms with Crippen LogP contribution in [-0.4, -0.2) is 70.2 Å². The molecule has 3 rings (SSSR count). The van der Waals surface area contributed by atoms with Gasteiger partial charge in [-0.1, -0.05) is 5.16 Å². The summed E-state index contributed by atoms with van der Waals surface area (Å²) in [5.74, 6) is -3.66. The molecule has 16 nitrogen and oxygen atoms in total. The van der Waals surface area contributed by atoms with E-state index in [0.717, 1.165) is 11.3 Å². The number of aromatic nitrogens is 1. The average molecular weight is 521 g/mol. The summed E-state index contributed by atoms with van der Waals surface area (Å²) in [6, 6.07) is 2.48. The Balaban J connectivity index is 1.55. The second kappa shape index (κ2) is 11.2. The Labute approximate surface area is 205 Å². The van der Waals surface area contributed by atoms with Crippen LogP contribution in [0.4, 0.5) is 10.8 Å². The number of thiazole rings is 1. The summed E-state index contributed by atoms with van der Waals surface area (Å²) in [5, 5.41) is 18.7. The molecule has 0 saturated carbocycles. The number of carbonyl (C=O) groups excluding carboxylic acids is 4. The Hall–Kier alpha value is -4.64. The minimum atomic E-state index is -1.42. The topological polar surface area (TPSA) is 232 Å². The molecule has 0 radical (unpaired) electrons. The fourth-order valence-corrected chi connectivity index (χ4v) is 3.52. The first-order valence-corrected chi connectivity index (χ1v) is 10.8. The smallest absolute Gasteiger partial charge is 0.335 e. The Morgan fingerprint density at radius 3 is 2.56 bits per heavy atom. The maximum absolute atomic E-state index is 12.6. The number of anilines is 1. The summed E-state index contributed by atoms with van der Waals surface area (Å²) in [4.78, 5) is 72.7. The van der Waals surface area contributed by atoms with Gasteiger partial charge in [-0.15, -0.1) is 11.3 Å². The van der Waals surface area contributed by atoms with Crippen molar-refractivity contribution in [3.05, 3.63) is 51.0 Å². The number of nitrogens with two attached hydrogens (primary N) is 2. The van der Waals surface area contributed by atoms with Gasteiger partial charge in [0.15, 0.2) is 23.5 Å². The maximum atomic E-state index is 12.6. The standard InChI is InChI=1S/C19H19N7O9S/c1-33-24-13(11-8-36-19(21)22-11)17(29)23-14-15(16(20)28)25(18(14)30)35-7-12(27)34-6-9-2-4-10(5-3-9)26(31)32/h2-5,8,14-15H,6-7H2,1H3,(H2,20,28)(H2,21,22)(H,23,29)/b24-13-/t14-,15-/m0/s1. The number of non-ortho nitro benzene ring substituents is 1. The average Bonchev–Trinajstić information content (AvgIpc) is 3.27. The number of ether oxygens (including phenoxy) is 1. The number of nitro groups is 1. The molecule has 36 heavy (non-hydrogen) atoms. The minimum Gasteiger partial charge on any atom is -0.459 e. The molecule has 1 aliphatic heterocycles. The van der Waals surface area contributed by atoms with Crippen molar-refractivity contribution in [3.63, 3.8) is 0 Å². The molecule has 1 fully saturated rings. The number of hydroxylamine groups is 2. The second-order valence-corrected chi connectivity index (χ2v) is 7.90. The molecule has 17 heteroatoms. The summed E-state index contributed by atoms with van der Waals surface area (Å²) >= 11 is 1.04. The number of nitrogen functional groups attached to an aromatic ring is 1. The predicted octanol–water partition coefficient (Wildman–Crippen LogP) is -1.16. The highest BCUT2D eigenvalue weighted by Crippen LogP contribution is 2.21. The zero-order valence-corrected chi connectivity index (χ0v) is 19.3. The van der Waals surface area contributed by atoms with E-state index in [1.54, 1.807) is 0 Å². The molecule has 1 aliphatic rings. The van der Waals surface area contributed by atoms with Crippen LogP contribution in [0.5, 0.6) is 0 Å². The van der Waals surface area contributed by atoms with Crippen molar-refractivity contribution >= 4 is 51.6 Å². The molecule has 1 saturated heterocycles. The number of oxime groups is 1. The fourth-order valence-electron chi connectivity index (χ4n) is 2.97. The largest absolute Gasteiger partial charge is 0.459 e. The van der Waals surface area contributed by atoms with Crippen LogP contribution in [0.1, 0.15) is 11.3 Å². The Morgan fingerprint density at radius 2 is 2.00 bits per heavy atom. The normalized spacial score (nSPS) is 17.2. The number of benzene rings is 1. The minimum absolute atomic E-state index is 0.0862. The monoisotopic (exact) mass is 521 g/mol. The van der Waals surface area contributed by atoms with Crippen molar-refractivity contribution in [1.29, 1.82) is 0 Å². The molecular weight excluding hydrogens is 502 g/mol. The van der Waals surface area contributed by atoms with Gasteiger partial charge in [0.2, 0.25) is 5.91 Å². The molecule has 3 amide bonds. The molecular formula is C19H19N7O9S. The lowest BCUT2D eigenvalue weighted by Crippen LogP contribution is -2.74. The van der Waals surface area contributed by atoms with Gasteiger partial charge < -0.3 is 26.4 Å². The van der Waals surface area contributed by atoms with Crippen LogP contribution in [0.2, 0.25) is 0 Å². The van der Waals surface area contributed by atoms with Crippen LogP contribution in [0, 0.1) is 10.1 Å². The highest BCUT2D eigenvalue weighted by Gasteiger charge is 2.53. The third-order valence-electron chi connectivity index (χ3n) is 4.66. The lowest BCUT2D eigenvalue weighted by molar-refractivity contribution is -0.384. The number of primary amides is 1. The summed E-state index contributed by atoms with van der Waals surface area (Å²) < 4.78 is 4.98. The summed E-state index contributed by atoms with van der Waals surface area (Å²) in [5.41, 5.74) is 11.0. The van der Waals surface area contributed by atoms with Gasteiger partial charge in [0.05, 0.1) is 4.92 Å². The van der Waals surface area contributed by atoms with Gasteiger partial charge in [-0.25, -0.2) is 14.8 Å². The molecule has 2 atom stereocenters. The summed E-state index contributed by atoms with van der Waals surface area (Å²) in [6.07, 6.45) is 0. The van der Waals surface area contributed by atoms with Gasteiger partial charge in [-0.05, 0) is 17.7 Å². The number of amides is 3. The third-order valence-corrected chi connectivity index (χ3v) is 5.33. The van der Waals surface area contributed by atoms with Crippen molar-refractivity contribution in [2.24, 2.45) is 10.9 Å². The second-order valence-electron chi connectivity index (χ2n) is 7.01. The Bertz CT molecular complexity index is 1210. The molecule has 0 aliphatic carbocycles. The third kappa shape index (κ3) is 5.88. The van der Waals surface area contributed by atoms with E-state index in [-0.39, 0.29) is 28.8 Å². The van der Waals surface area contributed by atoms with Crippen LogP contribution in [-0.2, 0) is 40.2 Å². The van der Waals surface area contributed by atoms with Crippen LogP contribution in [0.3, 0.4) is 0 Å². The summed E-state index contributed by atoms with van der Waals surface area (Å²) in [7, 11) is 1.19. The molecule has 2 heterocycles. The summed E-state index contributed by atoms with van der Waals surface area (Å²) in [6.45, 7) is -0.966. The highest BCUT2D eigenvalue weighted by molar-refractivity contribution is 7.13. The van der Waals surface area contributed by atoms with E-state index in [1.807, 2.05) is 0 Å². The number of nitrogens with one attached hydrogen (secondary N) is 1. The van der Waals surface area contributed by atoms with Crippen molar-refractivity contribution in [2.45, 2.75) is 18.7 Å². The van der Waals surface area contributed by atoms with Gasteiger partial charge in [0, 0.05) is 17.5 Å². The number of hydrogen-bond donors (Lipinski definition) is 3. The zero-order chi connectivity index (χ0) is 26.4. The van der Waals surface area contributed by atoms with E-state index in [1.165, 1.54) is 36.8 Å². The van der Waals surface area contributed by atoms with Crippen molar-refractivity contribution in [1.82, 2.24) is 15.4 Å². The van der Waals surface area contributed by atoms with E-state index in [4.69, 9.17) is 21.0 Å². The molecule has 1 aromatic carbocycles. The van der Waals surface area contributed by atoms with E-state index in [2.05, 4.69) is 20.3 Å². The van der Waals surface area contributed by atoms with Gasteiger partial charge in [-0.2, -0.15) is 0 Å². The number of carbonyl (C=O) groups is 4. The van der Waals surface area contributed by atoms with Crippen LogP contribution in [0.15, 0.2) is 34.8 Å². The van der Waals surface area contributed by atoms with Gasteiger partial charge in [0.1, 0.15) is 25.5 Å². The quantitative estimate of drug-likeness (QED) is 0.105. The molecule has 1 aromatic heterocycles. The lowest BCUT2D eigenvalue weighted by Gasteiger charge is -2.43. The number of esters is 1. The first-order valence-electron chi connectivity index (χ1n) is 9.90. The fraction of sp³-hybridized carbons (Fsp3) is 0.263. The predicted molar refractivity (Wildman–Crippen MR) is 121 cm³/mol. The van der Waals surface area contributed by atoms with Gasteiger partial charge in [0.25, 0.3) is 17.5 Å². The van der Waals surface area contributed by atoms with Crippen LogP contribution < -0.4 is 16.8 Å². The number of β-lactam (4-membered cyclic amide) rings is 1.